The summed E-state index contributed by atoms with van der Waals surface area (Å²) in [5.41, 5.74) is 0.702. The molecule has 0 spiro atoms. The molecule has 0 atom stereocenters. The summed E-state index contributed by atoms with van der Waals surface area (Å²) in [5, 5.41) is 5.04. The van der Waals surface area contributed by atoms with E-state index in [9.17, 15) is 18.8 Å². The number of rotatable bonds is 10. The second-order valence-electron chi connectivity index (χ2n) is 6.72. The Morgan fingerprint density at radius 1 is 1.10 bits per heavy atom. The van der Waals surface area contributed by atoms with E-state index in [4.69, 9.17) is 4.74 Å². The molecule has 0 aliphatic carbocycles. The number of nitrogens with one attached hydrogen (secondary N) is 2. The van der Waals surface area contributed by atoms with Gasteiger partial charge in [-0.15, -0.1) is 0 Å². The van der Waals surface area contributed by atoms with Gasteiger partial charge in [0, 0.05) is 18.3 Å². The van der Waals surface area contributed by atoms with Gasteiger partial charge in [0.1, 0.15) is 11.6 Å². The van der Waals surface area contributed by atoms with Gasteiger partial charge in [0.25, 0.3) is 5.91 Å². The Morgan fingerprint density at radius 3 is 2.50 bits per heavy atom. The molecule has 2 N–H and O–H groups in total. The van der Waals surface area contributed by atoms with Crippen LogP contribution in [0.2, 0.25) is 0 Å². The van der Waals surface area contributed by atoms with Crippen molar-refractivity contribution >= 4 is 23.4 Å². The maximum atomic E-state index is 13.2. The van der Waals surface area contributed by atoms with Crippen LogP contribution in [0.5, 0.6) is 5.75 Å². The first-order chi connectivity index (χ1) is 14.4. The number of benzene rings is 2. The Morgan fingerprint density at radius 2 is 1.83 bits per heavy atom. The van der Waals surface area contributed by atoms with Crippen LogP contribution in [0.25, 0.3) is 0 Å². The monoisotopic (exact) mass is 415 g/mol. The highest BCUT2D eigenvalue weighted by atomic mass is 19.1. The lowest BCUT2D eigenvalue weighted by Crippen LogP contribution is -2.41. The average Bonchev–Trinajstić information content (AvgIpc) is 2.72. The Labute approximate surface area is 175 Å². The molecule has 0 radical (unpaired) electrons. The van der Waals surface area contributed by atoms with Crippen LogP contribution in [0.3, 0.4) is 0 Å². The highest BCUT2D eigenvalue weighted by Crippen LogP contribution is 2.13. The molecule has 2 aromatic rings. The van der Waals surface area contributed by atoms with Crippen molar-refractivity contribution in [3.8, 4) is 5.75 Å². The van der Waals surface area contributed by atoms with Crippen molar-refractivity contribution < 1.29 is 23.5 Å². The van der Waals surface area contributed by atoms with E-state index in [1.54, 1.807) is 30.3 Å². The fraction of sp³-hybridized carbons (Fsp3) is 0.318. The van der Waals surface area contributed by atoms with Crippen molar-refractivity contribution in [2.75, 3.05) is 32.1 Å². The van der Waals surface area contributed by atoms with E-state index in [-0.39, 0.29) is 13.1 Å². The fourth-order valence-electron chi connectivity index (χ4n) is 2.50. The lowest BCUT2D eigenvalue weighted by molar-refractivity contribution is -0.132. The minimum atomic E-state index is -0.472. The highest BCUT2D eigenvalue weighted by Gasteiger charge is 2.15. The summed E-state index contributed by atoms with van der Waals surface area (Å²) < 4.78 is 18.7. The third kappa shape index (κ3) is 7.54. The number of carbonyl (C=O) groups excluding carboxylic acids is 3. The first-order valence-corrected chi connectivity index (χ1v) is 9.69. The van der Waals surface area contributed by atoms with E-state index < -0.39 is 23.5 Å². The number of hydrogen-bond donors (Lipinski definition) is 2. The molecule has 3 amide bonds. The van der Waals surface area contributed by atoms with Crippen LogP contribution in [0.15, 0.2) is 48.5 Å². The standard InChI is InChI=1S/C22H26FN3O4/c1-3-4-12-30-19-10-8-16(9-11-19)22(29)24-14-21(28)26(2)15-20(27)25-18-7-5-6-17(23)13-18/h5-11,13H,3-4,12,14-15H2,1-2H3,(H,24,29)(H,25,27). The molecule has 2 rings (SSSR count). The van der Waals surface area contributed by atoms with Gasteiger partial charge < -0.3 is 20.3 Å². The molecule has 0 bridgehead atoms. The molecule has 0 unspecified atom stereocenters. The highest BCUT2D eigenvalue weighted by molar-refractivity contribution is 5.98. The normalized spacial score (nSPS) is 10.2. The van der Waals surface area contributed by atoms with E-state index in [0.717, 1.165) is 12.8 Å². The molecule has 0 heterocycles. The predicted molar refractivity (Wildman–Crippen MR) is 112 cm³/mol. The van der Waals surface area contributed by atoms with Crippen LogP contribution in [-0.2, 0) is 9.59 Å². The van der Waals surface area contributed by atoms with Crippen LogP contribution in [0, 0.1) is 5.82 Å². The number of hydrogen-bond acceptors (Lipinski definition) is 4. The van der Waals surface area contributed by atoms with E-state index in [1.807, 2.05) is 0 Å². The molecule has 160 valence electrons. The summed E-state index contributed by atoms with van der Waals surface area (Å²) in [5.74, 6) is -1.10. The molecule has 0 saturated heterocycles. The van der Waals surface area contributed by atoms with Gasteiger partial charge in [-0.2, -0.15) is 0 Å². The van der Waals surface area contributed by atoms with E-state index in [0.29, 0.717) is 23.6 Å². The number of halogens is 1. The Bertz CT molecular complexity index is 871. The summed E-state index contributed by atoms with van der Waals surface area (Å²) in [6.45, 7) is 2.22. The first kappa shape index (κ1) is 22.9. The van der Waals surface area contributed by atoms with Crippen molar-refractivity contribution in [2.45, 2.75) is 19.8 Å². The number of ether oxygens (including phenoxy) is 1. The number of unbranched alkanes of at least 4 members (excludes halogenated alkanes) is 1. The third-order valence-electron chi connectivity index (χ3n) is 4.20. The molecule has 30 heavy (non-hydrogen) atoms. The zero-order chi connectivity index (χ0) is 21.9. The second kappa shape index (κ2) is 11.5. The van der Waals surface area contributed by atoms with Crippen molar-refractivity contribution in [2.24, 2.45) is 0 Å². The summed E-state index contributed by atoms with van der Waals surface area (Å²) in [6.07, 6.45) is 1.99. The van der Waals surface area contributed by atoms with Crippen molar-refractivity contribution in [1.29, 1.82) is 0 Å². The second-order valence-corrected chi connectivity index (χ2v) is 6.72. The minimum Gasteiger partial charge on any atom is -0.494 e. The SMILES string of the molecule is CCCCOc1ccc(C(=O)NCC(=O)N(C)CC(=O)Nc2cccc(F)c2)cc1. The Balaban J connectivity index is 1.76. The molecule has 0 aliphatic rings. The Hall–Kier alpha value is -3.42. The van der Waals surface area contributed by atoms with E-state index >= 15 is 0 Å². The lowest BCUT2D eigenvalue weighted by atomic mass is 10.2. The van der Waals surface area contributed by atoms with Crippen LogP contribution in [0.1, 0.15) is 30.1 Å². The topological polar surface area (TPSA) is 87.7 Å². The average molecular weight is 415 g/mol. The minimum absolute atomic E-state index is 0.227. The quantitative estimate of drug-likeness (QED) is 0.584. The maximum Gasteiger partial charge on any atom is 0.251 e. The number of carbonyl (C=O) groups is 3. The predicted octanol–water partition coefficient (Wildman–Crippen LogP) is 2.83. The molecule has 2 aromatic carbocycles. The summed E-state index contributed by atoms with van der Waals surface area (Å²) >= 11 is 0. The fourth-order valence-corrected chi connectivity index (χ4v) is 2.50. The zero-order valence-electron chi connectivity index (χ0n) is 17.1. The van der Waals surface area contributed by atoms with E-state index in [2.05, 4.69) is 17.6 Å². The van der Waals surface area contributed by atoms with Crippen LogP contribution in [-0.4, -0.2) is 49.4 Å². The zero-order valence-corrected chi connectivity index (χ0v) is 17.1. The van der Waals surface area contributed by atoms with Gasteiger partial charge in [0.2, 0.25) is 11.8 Å². The number of nitrogens with zero attached hydrogens (tertiary/aromatic N) is 1. The molecule has 0 aliphatic heterocycles. The van der Waals surface area contributed by atoms with E-state index in [1.165, 1.54) is 30.1 Å². The van der Waals surface area contributed by atoms with Crippen molar-refractivity contribution in [3.05, 3.63) is 59.9 Å². The Kier molecular flexibility index (Phi) is 8.80. The lowest BCUT2D eigenvalue weighted by Gasteiger charge is -2.17. The summed E-state index contributed by atoms with van der Waals surface area (Å²) in [6, 6.07) is 12.1. The molecule has 0 aromatic heterocycles. The number of amides is 3. The van der Waals surface area contributed by atoms with Gasteiger partial charge in [0.05, 0.1) is 19.7 Å². The van der Waals surface area contributed by atoms with Crippen molar-refractivity contribution in [1.82, 2.24) is 10.2 Å². The van der Waals surface area contributed by atoms with Crippen molar-refractivity contribution in [3.63, 3.8) is 0 Å². The summed E-state index contributed by atoms with van der Waals surface area (Å²) in [7, 11) is 1.45. The number of likely N-dealkylation sites (N-methyl/N-ethyl adjacent to an activating group) is 1. The van der Waals surface area contributed by atoms with Crippen LogP contribution >= 0.6 is 0 Å². The molecule has 0 fully saturated rings. The van der Waals surface area contributed by atoms with Gasteiger partial charge in [-0.05, 0) is 48.9 Å². The van der Waals surface area contributed by atoms with Gasteiger partial charge in [-0.3, -0.25) is 14.4 Å². The third-order valence-corrected chi connectivity index (χ3v) is 4.20. The number of anilines is 1. The smallest absolute Gasteiger partial charge is 0.251 e. The van der Waals surface area contributed by atoms with Gasteiger partial charge >= 0.3 is 0 Å². The molecule has 0 saturated carbocycles. The van der Waals surface area contributed by atoms with Crippen LogP contribution in [0.4, 0.5) is 10.1 Å². The summed E-state index contributed by atoms with van der Waals surface area (Å²) in [4.78, 5) is 37.6. The van der Waals surface area contributed by atoms with Gasteiger partial charge in [0.15, 0.2) is 0 Å². The largest absolute Gasteiger partial charge is 0.494 e. The van der Waals surface area contributed by atoms with Gasteiger partial charge in [-0.25, -0.2) is 4.39 Å². The van der Waals surface area contributed by atoms with Gasteiger partial charge in [-0.1, -0.05) is 19.4 Å². The molecule has 7 nitrogen and oxygen atoms in total. The first-order valence-electron chi connectivity index (χ1n) is 9.69. The molecular formula is C22H26FN3O4. The van der Waals surface area contributed by atoms with Crippen LogP contribution < -0.4 is 15.4 Å². The molecular weight excluding hydrogens is 389 g/mol. The molecule has 8 heteroatoms. The maximum absolute atomic E-state index is 13.2.